The largest absolute Gasteiger partial charge is 0.573 e. The van der Waals surface area contributed by atoms with Crippen LogP contribution in [0.5, 0.6) is 5.75 Å². The van der Waals surface area contributed by atoms with Crippen LogP contribution < -0.4 is 9.64 Å². The van der Waals surface area contributed by atoms with Gasteiger partial charge in [0.05, 0.1) is 25.1 Å². The maximum atomic E-state index is 13.7. The summed E-state index contributed by atoms with van der Waals surface area (Å²) in [7, 11) is 0. The molecule has 0 radical (unpaired) electrons. The van der Waals surface area contributed by atoms with Crippen LogP contribution >= 0.6 is 0 Å². The van der Waals surface area contributed by atoms with Crippen LogP contribution in [0.3, 0.4) is 0 Å². The van der Waals surface area contributed by atoms with Crippen LogP contribution in [0.2, 0.25) is 0 Å². The molecule has 200 valence electrons. The highest BCUT2D eigenvalue weighted by molar-refractivity contribution is 5.95. The number of carbonyl (C=O) groups excluding carboxylic acids is 1. The molecule has 0 spiro atoms. The van der Waals surface area contributed by atoms with Gasteiger partial charge in [0.2, 0.25) is 11.6 Å². The van der Waals surface area contributed by atoms with E-state index in [4.69, 9.17) is 6.57 Å². The number of aromatic nitrogens is 2. The molecule has 1 atom stereocenters. The lowest BCUT2D eigenvalue weighted by atomic mass is 10.0. The number of carbonyl (C=O) groups is 1. The highest BCUT2D eigenvalue weighted by atomic mass is 19.4. The number of benzene rings is 2. The standard InChI is InChI=1S/C27H27F4N5O2/c1-3-4-6-21-16-36(20-7-5-8-23(12-20)38-27(29,30)31)26(37)17-34(21)15-22-13-33-18-35(22)14-19-9-10-24(28)25(11-19)32-2/h5,7-13,18,21H,3-4,6,14-17H2,1H3/t21-/m0/s1. The summed E-state index contributed by atoms with van der Waals surface area (Å²) in [6, 6.07) is 9.84. The third-order valence-corrected chi connectivity index (χ3v) is 6.45. The summed E-state index contributed by atoms with van der Waals surface area (Å²) in [5, 5.41) is 0. The van der Waals surface area contributed by atoms with Gasteiger partial charge in [-0.25, -0.2) is 14.2 Å². The van der Waals surface area contributed by atoms with Gasteiger partial charge in [-0.1, -0.05) is 31.9 Å². The number of amides is 1. The first kappa shape index (κ1) is 27.1. The Morgan fingerprint density at radius 3 is 2.74 bits per heavy atom. The molecule has 1 fully saturated rings. The molecule has 11 heteroatoms. The Morgan fingerprint density at radius 2 is 2.00 bits per heavy atom. The lowest BCUT2D eigenvalue weighted by molar-refractivity contribution is -0.274. The Balaban J connectivity index is 1.52. The zero-order valence-electron chi connectivity index (χ0n) is 20.8. The van der Waals surface area contributed by atoms with Crippen LogP contribution in [0.1, 0.15) is 37.4 Å². The Hall–Kier alpha value is -3.91. The van der Waals surface area contributed by atoms with Gasteiger partial charge in [0.25, 0.3) is 0 Å². The molecule has 0 aliphatic carbocycles. The summed E-state index contributed by atoms with van der Waals surface area (Å²) < 4.78 is 57.8. The predicted octanol–water partition coefficient (Wildman–Crippen LogP) is 5.93. The number of hydrogen-bond acceptors (Lipinski definition) is 4. The maximum absolute atomic E-state index is 13.7. The molecule has 7 nitrogen and oxygen atoms in total. The number of anilines is 1. The fourth-order valence-electron chi connectivity index (χ4n) is 4.58. The minimum Gasteiger partial charge on any atom is -0.406 e. The van der Waals surface area contributed by atoms with Crippen molar-refractivity contribution in [1.29, 1.82) is 0 Å². The van der Waals surface area contributed by atoms with E-state index in [9.17, 15) is 22.4 Å². The first-order chi connectivity index (χ1) is 18.2. The van der Waals surface area contributed by atoms with Gasteiger partial charge in [0.15, 0.2) is 0 Å². The van der Waals surface area contributed by atoms with Crippen molar-refractivity contribution in [3.63, 3.8) is 0 Å². The van der Waals surface area contributed by atoms with Gasteiger partial charge in [-0.15, -0.1) is 13.2 Å². The molecule has 3 aromatic rings. The second-order valence-electron chi connectivity index (χ2n) is 9.16. The second kappa shape index (κ2) is 11.6. The van der Waals surface area contributed by atoms with Crippen molar-refractivity contribution < 1.29 is 27.1 Å². The first-order valence-electron chi connectivity index (χ1n) is 12.2. The molecule has 4 rings (SSSR count). The number of alkyl halides is 3. The van der Waals surface area contributed by atoms with E-state index in [0.29, 0.717) is 25.3 Å². The normalized spacial score (nSPS) is 16.5. The molecule has 0 unspecified atom stereocenters. The minimum absolute atomic E-state index is 0.0253. The lowest BCUT2D eigenvalue weighted by Gasteiger charge is -2.41. The van der Waals surface area contributed by atoms with E-state index < -0.39 is 12.2 Å². The Labute approximate surface area is 218 Å². The molecule has 38 heavy (non-hydrogen) atoms. The topological polar surface area (TPSA) is 55.0 Å². The summed E-state index contributed by atoms with van der Waals surface area (Å²) in [5.41, 5.74) is 1.91. The second-order valence-corrected chi connectivity index (χ2v) is 9.16. The van der Waals surface area contributed by atoms with E-state index >= 15 is 0 Å². The van der Waals surface area contributed by atoms with E-state index in [1.807, 2.05) is 4.57 Å². The van der Waals surface area contributed by atoms with Crippen LogP contribution in [0.15, 0.2) is 55.0 Å². The molecule has 2 heterocycles. The van der Waals surface area contributed by atoms with Crippen molar-refractivity contribution in [3.05, 3.63) is 83.5 Å². The van der Waals surface area contributed by atoms with Crippen molar-refractivity contribution in [1.82, 2.24) is 14.5 Å². The van der Waals surface area contributed by atoms with Crippen LogP contribution in [-0.4, -0.2) is 45.9 Å². The van der Waals surface area contributed by atoms with Crippen molar-refractivity contribution in [3.8, 4) is 5.75 Å². The van der Waals surface area contributed by atoms with Gasteiger partial charge in [-0.2, -0.15) is 0 Å². The van der Waals surface area contributed by atoms with Gasteiger partial charge in [-0.05, 0) is 36.2 Å². The number of unbranched alkanes of at least 4 members (excludes halogenated alkanes) is 1. The third-order valence-electron chi connectivity index (χ3n) is 6.45. The molecule has 1 amide bonds. The number of hydrogen-bond donors (Lipinski definition) is 0. The average molecular weight is 530 g/mol. The Kier molecular flexibility index (Phi) is 8.32. The van der Waals surface area contributed by atoms with Crippen LogP contribution in [0.4, 0.5) is 28.9 Å². The Morgan fingerprint density at radius 1 is 1.18 bits per heavy atom. The fourth-order valence-corrected chi connectivity index (χ4v) is 4.58. The van der Waals surface area contributed by atoms with E-state index in [0.717, 1.165) is 30.5 Å². The Bertz CT molecular complexity index is 1320. The molecule has 1 saturated heterocycles. The summed E-state index contributed by atoms with van der Waals surface area (Å²) >= 11 is 0. The molecular weight excluding hydrogens is 502 g/mol. The summed E-state index contributed by atoms with van der Waals surface area (Å²) in [6.07, 6.45) is 1.24. The number of imidazole rings is 1. The van der Waals surface area contributed by atoms with Gasteiger partial charge < -0.3 is 14.2 Å². The summed E-state index contributed by atoms with van der Waals surface area (Å²) in [5.74, 6) is -1.17. The van der Waals surface area contributed by atoms with Gasteiger partial charge in [0.1, 0.15) is 11.6 Å². The smallest absolute Gasteiger partial charge is 0.406 e. The van der Waals surface area contributed by atoms with Crippen molar-refractivity contribution in [2.45, 2.75) is 51.7 Å². The number of piperazine rings is 1. The van der Waals surface area contributed by atoms with E-state index in [-0.39, 0.29) is 29.9 Å². The van der Waals surface area contributed by atoms with Gasteiger partial charge >= 0.3 is 6.36 Å². The average Bonchev–Trinajstić information content (AvgIpc) is 3.30. The number of rotatable bonds is 9. The molecule has 1 aliphatic heterocycles. The van der Waals surface area contributed by atoms with Crippen LogP contribution in [0, 0.1) is 12.4 Å². The minimum atomic E-state index is -4.82. The predicted molar refractivity (Wildman–Crippen MR) is 133 cm³/mol. The van der Waals surface area contributed by atoms with E-state index in [1.165, 1.54) is 35.2 Å². The number of halogens is 4. The number of ether oxygens (including phenoxy) is 1. The molecule has 0 saturated carbocycles. The van der Waals surface area contributed by atoms with Crippen LogP contribution in [-0.2, 0) is 17.9 Å². The molecular formula is C27H27F4N5O2. The van der Waals surface area contributed by atoms with Crippen molar-refractivity contribution in [2.75, 3.05) is 18.0 Å². The first-order valence-corrected chi connectivity index (χ1v) is 12.2. The van der Waals surface area contributed by atoms with Gasteiger partial charge in [0, 0.05) is 43.6 Å². The third kappa shape index (κ3) is 6.69. The molecule has 1 aliphatic rings. The SMILES string of the molecule is [C-]#[N+]c1cc(Cn2cncc2CN2CC(=O)N(c3cccc(OC(F)(F)F)c3)C[C@@H]2CCCC)ccc1F. The zero-order chi connectivity index (χ0) is 27.3. The van der Waals surface area contributed by atoms with E-state index in [2.05, 4.69) is 26.4 Å². The molecule has 0 N–H and O–H groups in total. The lowest BCUT2D eigenvalue weighted by Crippen LogP contribution is -2.56. The maximum Gasteiger partial charge on any atom is 0.573 e. The van der Waals surface area contributed by atoms with Crippen molar-refractivity contribution >= 4 is 17.3 Å². The van der Waals surface area contributed by atoms with Gasteiger partial charge in [-0.3, -0.25) is 9.69 Å². The summed E-state index contributed by atoms with van der Waals surface area (Å²) in [4.78, 5) is 24.2. The highest BCUT2D eigenvalue weighted by Crippen LogP contribution is 2.30. The fraction of sp³-hybridized carbons (Fsp3) is 0.370. The molecule has 2 aromatic carbocycles. The highest BCUT2D eigenvalue weighted by Gasteiger charge is 2.34. The monoisotopic (exact) mass is 529 g/mol. The zero-order valence-corrected chi connectivity index (χ0v) is 20.8. The summed E-state index contributed by atoms with van der Waals surface area (Å²) in [6.45, 7) is 10.4. The van der Waals surface area contributed by atoms with Crippen LogP contribution in [0.25, 0.3) is 4.85 Å². The van der Waals surface area contributed by atoms with E-state index in [1.54, 1.807) is 24.7 Å². The molecule has 0 bridgehead atoms. The molecule has 1 aromatic heterocycles. The quantitative estimate of drug-likeness (QED) is 0.255. The van der Waals surface area contributed by atoms with Crippen molar-refractivity contribution in [2.24, 2.45) is 0 Å². The number of nitrogens with zero attached hydrogens (tertiary/aromatic N) is 5.